The Hall–Kier alpha value is -2.89. The van der Waals surface area contributed by atoms with Crippen LogP contribution in [0, 0.1) is 11.8 Å². The van der Waals surface area contributed by atoms with Crippen molar-refractivity contribution in [2.24, 2.45) is 5.73 Å². The van der Waals surface area contributed by atoms with Crippen molar-refractivity contribution in [2.75, 3.05) is 12.4 Å². The summed E-state index contributed by atoms with van der Waals surface area (Å²) in [6.07, 6.45) is 7.78. The highest BCUT2D eigenvalue weighted by Gasteiger charge is 2.27. The van der Waals surface area contributed by atoms with E-state index >= 15 is 0 Å². The molecule has 5 nitrogen and oxygen atoms in total. The van der Waals surface area contributed by atoms with Crippen LogP contribution in [-0.4, -0.2) is 23.1 Å². The van der Waals surface area contributed by atoms with Crippen LogP contribution in [0.2, 0.25) is 5.15 Å². The van der Waals surface area contributed by atoms with E-state index in [0.29, 0.717) is 11.0 Å². The molecule has 8 heteroatoms. The van der Waals surface area contributed by atoms with Crippen LogP contribution in [0.25, 0.3) is 10.2 Å². The zero-order valence-electron chi connectivity index (χ0n) is 18.5. The Labute approximate surface area is 211 Å². The van der Waals surface area contributed by atoms with Crippen molar-refractivity contribution < 1.29 is 4.74 Å². The zero-order valence-corrected chi connectivity index (χ0v) is 20.9. The second-order valence-electron chi connectivity index (χ2n) is 7.97. The summed E-state index contributed by atoms with van der Waals surface area (Å²) in [6.45, 7) is 0.722. The van der Waals surface area contributed by atoms with Crippen molar-refractivity contribution in [1.29, 1.82) is 0 Å². The van der Waals surface area contributed by atoms with Crippen LogP contribution in [-0.2, 0) is 6.54 Å². The van der Waals surface area contributed by atoms with Gasteiger partial charge in [-0.25, -0.2) is 9.97 Å². The number of pyridine rings is 2. The molecule has 5 rings (SSSR count). The van der Waals surface area contributed by atoms with Gasteiger partial charge in [-0.2, -0.15) is 0 Å². The third-order valence-corrected chi connectivity index (χ3v) is 8.19. The largest absolute Gasteiger partial charge is 0.480 e. The number of anilines is 1. The standard InChI is InChI=1S/C26H23ClN4OS2/c1-32-26-16(6-4-12-29-26)10-11-19-23-25(34-24(19)18-8-2-3-9-20(18)28)21(14-22(27)31-23)30-15-17-7-5-13-33-17/h2-7,12-14,18,20H,8-9,15,28H2,1H3,(H,30,31)/t18-,20-/m0/s1. The summed E-state index contributed by atoms with van der Waals surface area (Å²) >= 11 is 9.92. The summed E-state index contributed by atoms with van der Waals surface area (Å²) in [7, 11) is 1.60. The van der Waals surface area contributed by atoms with Crippen LogP contribution < -0.4 is 15.8 Å². The molecule has 0 radical (unpaired) electrons. The molecule has 0 fully saturated rings. The van der Waals surface area contributed by atoms with E-state index < -0.39 is 0 Å². The molecule has 0 spiro atoms. The highest BCUT2D eigenvalue weighted by Crippen LogP contribution is 2.43. The van der Waals surface area contributed by atoms with E-state index in [9.17, 15) is 0 Å². The minimum Gasteiger partial charge on any atom is -0.480 e. The van der Waals surface area contributed by atoms with Gasteiger partial charge in [-0.15, -0.1) is 22.7 Å². The number of fused-ring (bicyclic) bond motifs is 1. The smallest absolute Gasteiger partial charge is 0.229 e. The molecular weight excluding hydrogens is 484 g/mol. The number of hydrogen-bond donors (Lipinski definition) is 2. The Morgan fingerprint density at radius 1 is 1.24 bits per heavy atom. The van der Waals surface area contributed by atoms with Crippen LogP contribution in [0.3, 0.4) is 0 Å². The molecule has 1 aliphatic rings. The third-order valence-electron chi connectivity index (χ3n) is 5.78. The SMILES string of the molecule is COc1ncccc1C#Cc1c([C@H]2CC=CC[C@@H]2N)sc2c(NCc3cccs3)cc(Cl)nc12. The lowest BCUT2D eigenvalue weighted by Crippen LogP contribution is -2.29. The number of nitrogens with two attached hydrogens (primary N) is 1. The molecule has 0 aliphatic heterocycles. The quantitative estimate of drug-likeness (QED) is 0.192. The fourth-order valence-corrected chi connectivity index (χ4v) is 6.29. The van der Waals surface area contributed by atoms with E-state index in [-0.39, 0.29) is 12.0 Å². The summed E-state index contributed by atoms with van der Waals surface area (Å²) in [5.41, 5.74) is 9.93. The molecule has 2 atom stereocenters. The van der Waals surface area contributed by atoms with E-state index in [1.807, 2.05) is 18.2 Å². The van der Waals surface area contributed by atoms with Crippen LogP contribution >= 0.6 is 34.3 Å². The highest BCUT2D eigenvalue weighted by atomic mass is 35.5. The Balaban J connectivity index is 1.65. The average Bonchev–Trinajstić information content (AvgIpc) is 3.50. The lowest BCUT2D eigenvalue weighted by Gasteiger charge is -2.24. The summed E-state index contributed by atoms with van der Waals surface area (Å²) in [6, 6.07) is 9.84. The second-order valence-corrected chi connectivity index (χ2v) is 10.4. The zero-order chi connectivity index (χ0) is 23.5. The van der Waals surface area contributed by atoms with Gasteiger partial charge in [-0.1, -0.05) is 41.7 Å². The number of aromatic nitrogens is 2. The summed E-state index contributed by atoms with van der Waals surface area (Å²) < 4.78 is 6.43. The van der Waals surface area contributed by atoms with Crippen LogP contribution in [0.15, 0.2) is 54.1 Å². The van der Waals surface area contributed by atoms with Gasteiger partial charge in [-0.05, 0) is 36.4 Å². The predicted molar refractivity (Wildman–Crippen MR) is 142 cm³/mol. The van der Waals surface area contributed by atoms with Crippen molar-refractivity contribution in [2.45, 2.75) is 31.3 Å². The molecule has 0 unspecified atom stereocenters. The van der Waals surface area contributed by atoms with Crippen LogP contribution in [0.5, 0.6) is 5.88 Å². The molecule has 0 saturated carbocycles. The molecule has 1 aliphatic carbocycles. The lowest BCUT2D eigenvalue weighted by molar-refractivity contribution is 0.396. The fourth-order valence-electron chi connectivity index (χ4n) is 4.08. The maximum Gasteiger partial charge on any atom is 0.229 e. The molecule has 0 saturated heterocycles. The molecule has 4 aromatic rings. The lowest BCUT2D eigenvalue weighted by atomic mass is 9.87. The molecule has 0 aromatic carbocycles. The first-order chi connectivity index (χ1) is 16.6. The number of nitrogens with one attached hydrogen (secondary N) is 1. The molecule has 0 amide bonds. The van der Waals surface area contributed by atoms with Gasteiger partial charge in [0.15, 0.2) is 0 Å². The number of halogens is 1. The average molecular weight is 507 g/mol. The van der Waals surface area contributed by atoms with E-state index in [4.69, 9.17) is 27.1 Å². The molecule has 34 heavy (non-hydrogen) atoms. The van der Waals surface area contributed by atoms with Gasteiger partial charge in [-0.3, -0.25) is 0 Å². The maximum absolute atomic E-state index is 6.56. The number of ether oxygens (including phenoxy) is 1. The Morgan fingerprint density at radius 2 is 2.12 bits per heavy atom. The van der Waals surface area contributed by atoms with Crippen molar-refractivity contribution in [1.82, 2.24) is 9.97 Å². The maximum atomic E-state index is 6.56. The van der Waals surface area contributed by atoms with E-state index in [1.54, 1.807) is 36.0 Å². The van der Waals surface area contributed by atoms with Gasteiger partial charge < -0.3 is 15.8 Å². The van der Waals surface area contributed by atoms with Crippen molar-refractivity contribution in [3.63, 3.8) is 0 Å². The first-order valence-electron chi connectivity index (χ1n) is 10.9. The molecule has 0 bridgehead atoms. The number of hydrogen-bond acceptors (Lipinski definition) is 7. The van der Waals surface area contributed by atoms with E-state index in [1.165, 1.54) is 4.88 Å². The van der Waals surface area contributed by atoms with Gasteiger partial charge in [0, 0.05) is 40.5 Å². The van der Waals surface area contributed by atoms with Gasteiger partial charge in [0.1, 0.15) is 10.7 Å². The van der Waals surface area contributed by atoms with Crippen molar-refractivity contribution in [3.8, 4) is 17.7 Å². The molecule has 3 N–H and O–H groups in total. The van der Waals surface area contributed by atoms with Gasteiger partial charge in [0.05, 0.1) is 28.6 Å². The minimum atomic E-state index is 0.0320. The van der Waals surface area contributed by atoms with E-state index in [2.05, 4.69) is 51.8 Å². The number of allylic oxidation sites excluding steroid dienone is 1. The van der Waals surface area contributed by atoms with Crippen molar-refractivity contribution in [3.05, 3.63) is 80.1 Å². The third kappa shape index (κ3) is 4.68. The van der Waals surface area contributed by atoms with E-state index in [0.717, 1.165) is 51.3 Å². The number of thiophene rings is 2. The molecule has 4 heterocycles. The summed E-state index contributed by atoms with van der Waals surface area (Å²) in [5.74, 6) is 7.31. The Morgan fingerprint density at radius 3 is 2.91 bits per heavy atom. The predicted octanol–water partition coefficient (Wildman–Crippen LogP) is 6.19. The Bertz CT molecular complexity index is 1400. The number of methoxy groups -OCH3 is 1. The molecule has 4 aromatic heterocycles. The van der Waals surface area contributed by atoms with Gasteiger partial charge in [0.2, 0.25) is 5.88 Å². The minimum absolute atomic E-state index is 0.0320. The molecule has 172 valence electrons. The highest BCUT2D eigenvalue weighted by molar-refractivity contribution is 7.20. The molecular formula is C26H23ClN4OS2. The number of nitrogens with zero attached hydrogens (tertiary/aromatic N) is 2. The first-order valence-corrected chi connectivity index (χ1v) is 13.0. The van der Waals surface area contributed by atoms with Crippen LogP contribution in [0.4, 0.5) is 5.69 Å². The monoisotopic (exact) mass is 506 g/mol. The second kappa shape index (κ2) is 10.2. The fraction of sp³-hybridized carbons (Fsp3) is 0.231. The number of rotatable bonds is 5. The summed E-state index contributed by atoms with van der Waals surface area (Å²) in [4.78, 5) is 11.4. The first kappa shape index (κ1) is 22.9. The van der Waals surface area contributed by atoms with Gasteiger partial charge >= 0.3 is 0 Å². The summed E-state index contributed by atoms with van der Waals surface area (Å²) in [5, 5.41) is 6.06. The van der Waals surface area contributed by atoms with Gasteiger partial charge in [0.25, 0.3) is 0 Å². The topological polar surface area (TPSA) is 73.1 Å². The normalized spacial score (nSPS) is 17.4. The van der Waals surface area contributed by atoms with Crippen LogP contribution in [0.1, 0.15) is 39.6 Å². The Kier molecular flexibility index (Phi) is 6.84. The van der Waals surface area contributed by atoms with Crippen molar-refractivity contribution >= 4 is 50.2 Å².